The van der Waals surface area contributed by atoms with Crippen LogP contribution in [0.3, 0.4) is 0 Å². The molecule has 1 saturated carbocycles. The van der Waals surface area contributed by atoms with E-state index in [4.69, 9.17) is 0 Å². The van der Waals surface area contributed by atoms with E-state index in [1.807, 2.05) is 17.0 Å². The molecule has 150 valence electrons. The van der Waals surface area contributed by atoms with Gasteiger partial charge in [0.05, 0.1) is 4.90 Å². The lowest BCUT2D eigenvalue weighted by molar-refractivity contribution is -0.142. The van der Waals surface area contributed by atoms with Crippen molar-refractivity contribution in [3.63, 3.8) is 0 Å². The van der Waals surface area contributed by atoms with Gasteiger partial charge >= 0.3 is 0 Å². The van der Waals surface area contributed by atoms with Gasteiger partial charge in [-0.3, -0.25) is 4.79 Å². The molecular formula is C21H32N2O3S. The predicted octanol–water partition coefficient (Wildman–Crippen LogP) is 3.61. The van der Waals surface area contributed by atoms with E-state index in [1.54, 1.807) is 12.1 Å². The van der Waals surface area contributed by atoms with Gasteiger partial charge < -0.3 is 4.90 Å². The van der Waals surface area contributed by atoms with Crippen LogP contribution in [0.15, 0.2) is 29.2 Å². The van der Waals surface area contributed by atoms with Gasteiger partial charge in [-0.25, -0.2) is 8.42 Å². The highest BCUT2D eigenvalue weighted by Crippen LogP contribution is 2.39. The number of rotatable bonds is 5. The van der Waals surface area contributed by atoms with Crippen molar-refractivity contribution in [1.82, 2.24) is 9.21 Å². The van der Waals surface area contributed by atoms with Gasteiger partial charge in [0.2, 0.25) is 15.9 Å². The SMILES string of the molecule is CCC(C)c1ccc(S(=O)(=O)N2CCN(C(=O)C3(C)CCCC3)CC2)cc1. The molecule has 1 aromatic rings. The number of amides is 1. The fourth-order valence-corrected chi connectivity index (χ4v) is 5.66. The van der Waals surface area contributed by atoms with Crippen LogP contribution in [0.2, 0.25) is 0 Å². The van der Waals surface area contributed by atoms with Gasteiger partial charge in [0, 0.05) is 31.6 Å². The molecule has 1 aromatic carbocycles. The standard InChI is InChI=1S/C21H32N2O3S/c1-4-17(2)18-7-9-19(10-8-18)27(25,26)23-15-13-22(14-16-23)20(24)21(3)11-5-6-12-21/h7-10,17H,4-6,11-16H2,1-3H3. The highest BCUT2D eigenvalue weighted by Gasteiger charge is 2.40. The number of benzene rings is 1. The van der Waals surface area contributed by atoms with E-state index in [0.29, 0.717) is 37.0 Å². The molecule has 1 atom stereocenters. The third kappa shape index (κ3) is 4.06. The molecule has 0 N–H and O–H groups in total. The van der Waals surface area contributed by atoms with Gasteiger partial charge in [-0.05, 0) is 42.9 Å². The fraction of sp³-hybridized carbons (Fsp3) is 0.667. The third-order valence-electron chi connectivity index (χ3n) is 6.45. The number of carbonyl (C=O) groups is 1. The number of piperazine rings is 1. The molecule has 1 heterocycles. The summed E-state index contributed by atoms with van der Waals surface area (Å²) in [6, 6.07) is 7.27. The predicted molar refractivity (Wildman–Crippen MR) is 107 cm³/mol. The van der Waals surface area contributed by atoms with Gasteiger partial charge in [0.25, 0.3) is 0 Å². The minimum atomic E-state index is -3.50. The van der Waals surface area contributed by atoms with Gasteiger partial charge in [-0.1, -0.05) is 45.7 Å². The van der Waals surface area contributed by atoms with Crippen molar-refractivity contribution in [2.45, 2.75) is 63.7 Å². The minimum absolute atomic E-state index is 0.204. The van der Waals surface area contributed by atoms with E-state index in [9.17, 15) is 13.2 Å². The van der Waals surface area contributed by atoms with Crippen molar-refractivity contribution in [3.8, 4) is 0 Å². The van der Waals surface area contributed by atoms with Crippen LogP contribution in [0, 0.1) is 5.41 Å². The van der Waals surface area contributed by atoms with Crippen LogP contribution in [0.1, 0.15) is 64.4 Å². The number of hydrogen-bond acceptors (Lipinski definition) is 3. The van der Waals surface area contributed by atoms with Crippen molar-refractivity contribution in [1.29, 1.82) is 0 Å². The Morgan fingerprint density at radius 3 is 2.15 bits per heavy atom. The monoisotopic (exact) mass is 392 g/mol. The Balaban J connectivity index is 1.65. The van der Waals surface area contributed by atoms with Crippen LogP contribution in [0.4, 0.5) is 0 Å². The highest BCUT2D eigenvalue weighted by atomic mass is 32.2. The molecule has 6 heteroatoms. The van der Waals surface area contributed by atoms with E-state index in [-0.39, 0.29) is 11.3 Å². The van der Waals surface area contributed by atoms with Crippen LogP contribution in [-0.4, -0.2) is 49.7 Å². The first-order chi connectivity index (χ1) is 12.8. The average Bonchev–Trinajstić information content (AvgIpc) is 3.14. The zero-order valence-corrected chi connectivity index (χ0v) is 17.6. The molecule has 0 aromatic heterocycles. The summed E-state index contributed by atoms with van der Waals surface area (Å²) in [5, 5.41) is 0. The second kappa shape index (κ2) is 7.92. The lowest BCUT2D eigenvalue weighted by atomic mass is 9.87. The Kier molecular flexibility index (Phi) is 5.96. The second-order valence-electron chi connectivity index (χ2n) is 8.34. The fourth-order valence-electron chi connectivity index (χ4n) is 4.24. The molecule has 27 heavy (non-hydrogen) atoms. The molecular weight excluding hydrogens is 360 g/mol. The highest BCUT2D eigenvalue weighted by molar-refractivity contribution is 7.89. The Labute approximate surface area is 163 Å². The molecule has 0 bridgehead atoms. The van der Waals surface area contributed by atoms with Gasteiger partial charge in [-0.2, -0.15) is 4.31 Å². The van der Waals surface area contributed by atoms with Gasteiger partial charge in [-0.15, -0.1) is 0 Å². The van der Waals surface area contributed by atoms with E-state index in [1.165, 1.54) is 4.31 Å². The molecule has 5 nitrogen and oxygen atoms in total. The van der Waals surface area contributed by atoms with Gasteiger partial charge in [0.15, 0.2) is 0 Å². The number of carbonyl (C=O) groups excluding carboxylic acids is 1. The largest absolute Gasteiger partial charge is 0.340 e. The quantitative estimate of drug-likeness (QED) is 0.769. The Bertz CT molecular complexity index is 759. The summed E-state index contributed by atoms with van der Waals surface area (Å²) in [5.41, 5.74) is 0.920. The molecule has 1 aliphatic heterocycles. The molecule has 2 aliphatic rings. The summed E-state index contributed by atoms with van der Waals surface area (Å²) >= 11 is 0. The van der Waals surface area contributed by atoms with E-state index < -0.39 is 10.0 Å². The smallest absolute Gasteiger partial charge is 0.243 e. The van der Waals surface area contributed by atoms with E-state index in [0.717, 1.165) is 37.7 Å². The van der Waals surface area contributed by atoms with Crippen molar-refractivity contribution < 1.29 is 13.2 Å². The zero-order valence-electron chi connectivity index (χ0n) is 16.8. The first-order valence-corrected chi connectivity index (χ1v) is 11.6. The van der Waals surface area contributed by atoms with Crippen LogP contribution < -0.4 is 0 Å². The van der Waals surface area contributed by atoms with Crippen LogP contribution in [0.5, 0.6) is 0 Å². The Morgan fingerprint density at radius 2 is 1.63 bits per heavy atom. The maximum Gasteiger partial charge on any atom is 0.243 e. The van der Waals surface area contributed by atoms with E-state index in [2.05, 4.69) is 20.8 Å². The summed E-state index contributed by atoms with van der Waals surface area (Å²) in [4.78, 5) is 15.0. The summed E-state index contributed by atoms with van der Waals surface area (Å²) < 4.78 is 27.4. The lowest BCUT2D eigenvalue weighted by Crippen LogP contribution is -2.53. The minimum Gasteiger partial charge on any atom is -0.340 e. The van der Waals surface area contributed by atoms with Gasteiger partial charge in [0.1, 0.15) is 0 Å². The van der Waals surface area contributed by atoms with Crippen molar-refractivity contribution in [2.75, 3.05) is 26.2 Å². The molecule has 3 rings (SSSR count). The first-order valence-electron chi connectivity index (χ1n) is 10.2. The molecule has 0 radical (unpaired) electrons. The maximum atomic E-state index is 13.0. The molecule has 1 aliphatic carbocycles. The molecule has 2 fully saturated rings. The third-order valence-corrected chi connectivity index (χ3v) is 8.36. The summed E-state index contributed by atoms with van der Waals surface area (Å²) in [5.74, 6) is 0.628. The number of sulfonamides is 1. The normalized spacial score (nSPS) is 22.0. The second-order valence-corrected chi connectivity index (χ2v) is 10.3. The van der Waals surface area contributed by atoms with Crippen molar-refractivity contribution in [3.05, 3.63) is 29.8 Å². The topological polar surface area (TPSA) is 57.7 Å². The molecule has 1 saturated heterocycles. The number of hydrogen-bond donors (Lipinski definition) is 0. The average molecular weight is 393 g/mol. The van der Waals surface area contributed by atoms with E-state index >= 15 is 0 Å². The first kappa shape index (κ1) is 20.3. The Morgan fingerprint density at radius 1 is 1.07 bits per heavy atom. The molecule has 0 spiro atoms. The summed E-state index contributed by atoms with van der Waals surface area (Å²) in [7, 11) is -3.50. The zero-order chi connectivity index (χ0) is 19.7. The molecule has 1 unspecified atom stereocenters. The maximum absolute atomic E-state index is 13.0. The van der Waals surface area contributed by atoms with Crippen LogP contribution in [-0.2, 0) is 14.8 Å². The van der Waals surface area contributed by atoms with Crippen LogP contribution in [0.25, 0.3) is 0 Å². The summed E-state index contributed by atoms with van der Waals surface area (Å²) in [6.07, 6.45) is 5.16. The summed E-state index contributed by atoms with van der Waals surface area (Å²) in [6.45, 7) is 8.04. The van der Waals surface area contributed by atoms with Crippen molar-refractivity contribution in [2.24, 2.45) is 5.41 Å². The van der Waals surface area contributed by atoms with Crippen molar-refractivity contribution >= 4 is 15.9 Å². The number of nitrogens with zero attached hydrogens (tertiary/aromatic N) is 2. The molecule has 1 amide bonds. The lowest BCUT2D eigenvalue weighted by Gasteiger charge is -2.38. The van der Waals surface area contributed by atoms with Crippen LogP contribution >= 0.6 is 0 Å². The Hall–Kier alpha value is -1.40.